The molecule has 0 amide bonds. The smallest absolute Gasteiger partial charge is 0.180 e. The van der Waals surface area contributed by atoms with Gasteiger partial charge in [0.15, 0.2) is 5.49 Å². The molecule has 2 N–H and O–H groups in total. The lowest BCUT2D eigenvalue weighted by Crippen LogP contribution is -2.32. The predicted octanol–water partition coefficient (Wildman–Crippen LogP) is 3.08. The van der Waals surface area contributed by atoms with Gasteiger partial charge < -0.3 is 10.1 Å². The van der Waals surface area contributed by atoms with Gasteiger partial charge in [0, 0.05) is 13.1 Å². The Morgan fingerprint density at radius 2 is 1.79 bits per heavy atom. The maximum atomic E-state index is 9.66. The minimum Gasteiger partial charge on any atom is -0.425 e. The van der Waals surface area contributed by atoms with E-state index in [2.05, 4.69) is 39.7 Å². The van der Waals surface area contributed by atoms with Crippen LogP contribution in [0.5, 0.6) is 0 Å². The number of aryl methyl sites for hydroxylation is 1. The topological polar surface area (TPSA) is 65.1 Å². The maximum absolute atomic E-state index is 9.66. The van der Waals surface area contributed by atoms with Gasteiger partial charge in [0.2, 0.25) is 0 Å². The van der Waals surface area contributed by atoms with Crippen LogP contribution in [0.15, 0.2) is 4.47 Å². The van der Waals surface area contributed by atoms with Crippen molar-refractivity contribution in [1.82, 2.24) is 9.71 Å². The van der Waals surface area contributed by atoms with E-state index in [1.807, 2.05) is 0 Å². The average Bonchev–Trinajstić information content (AvgIpc) is 2.41. The van der Waals surface area contributed by atoms with Crippen molar-refractivity contribution in [1.29, 1.82) is 5.41 Å². The van der Waals surface area contributed by atoms with Crippen LogP contribution >= 0.6 is 15.9 Å². The number of anilines is 1. The molecular weight excluding hydrogens is 308 g/mol. The minimum atomic E-state index is 0.0421. The van der Waals surface area contributed by atoms with Crippen molar-refractivity contribution in [2.75, 3.05) is 18.0 Å². The molecule has 0 aliphatic rings. The van der Waals surface area contributed by atoms with Crippen LogP contribution in [0, 0.1) is 12.3 Å². The van der Waals surface area contributed by atoms with Gasteiger partial charge in [-0.15, -0.1) is 0 Å². The van der Waals surface area contributed by atoms with Gasteiger partial charge in [0.1, 0.15) is 16.1 Å². The first kappa shape index (κ1) is 16.0. The predicted molar refractivity (Wildman–Crippen MR) is 79.7 cm³/mol. The van der Waals surface area contributed by atoms with Crippen LogP contribution in [0.25, 0.3) is 0 Å². The van der Waals surface area contributed by atoms with E-state index >= 15 is 0 Å². The van der Waals surface area contributed by atoms with Crippen LogP contribution in [0.4, 0.5) is 5.82 Å². The second-order valence-corrected chi connectivity index (χ2v) is 5.44. The second-order valence-electron chi connectivity index (χ2n) is 4.65. The van der Waals surface area contributed by atoms with E-state index in [-0.39, 0.29) is 5.49 Å². The summed E-state index contributed by atoms with van der Waals surface area (Å²) in [5.74, 6) is 1.19. The van der Waals surface area contributed by atoms with Gasteiger partial charge in [-0.3, -0.25) is 5.41 Å². The van der Waals surface area contributed by atoms with Gasteiger partial charge in [0.05, 0.1) is 0 Å². The monoisotopic (exact) mass is 330 g/mol. The van der Waals surface area contributed by atoms with E-state index in [4.69, 9.17) is 5.41 Å². The van der Waals surface area contributed by atoms with Gasteiger partial charge in [-0.25, -0.2) is 4.98 Å². The number of hydrogen-bond acceptors (Lipinski definition) is 4. The van der Waals surface area contributed by atoms with Crippen molar-refractivity contribution in [3.05, 3.63) is 15.8 Å². The van der Waals surface area contributed by atoms with Crippen LogP contribution in [0.1, 0.15) is 45.4 Å². The Morgan fingerprint density at radius 1 is 1.26 bits per heavy atom. The van der Waals surface area contributed by atoms with Gasteiger partial charge >= 0.3 is 0 Å². The standard InChI is InChI=1S/C13H23BrN4O/c1-4-6-8-17(9-7-5-2)13-11(14)12(15)18(19)10(3)16-13/h15,19H,4-9H2,1-3H3. The maximum Gasteiger partial charge on any atom is 0.180 e. The Hall–Kier alpha value is -1.04. The largest absolute Gasteiger partial charge is 0.425 e. The van der Waals surface area contributed by atoms with Crippen molar-refractivity contribution in [2.45, 2.75) is 46.5 Å². The molecule has 0 saturated carbocycles. The molecule has 0 unspecified atom stereocenters. The lowest BCUT2D eigenvalue weighted by atomic mass is 10.2. The first-order chi connectivity index (χ1) is 9.02. The molecule has 0 aliphatic heterocycles. The molecule has 0 atom stereocenters. The molecule has 0 radical (unpaired) electrons. The Kier molecular flexibility index (Phi) is 6.34. The quantitative estimate of drug-likeness (QED) is 0.755. The third kappa shape index (κ3) is 3.96. The molecule has 1 aromatic heterocycles. The Labute approximate surface area is 122 Å². The molecule has 0 bridgehead atoms. The van der Waals surface area contributed by atoms with Crippen molar-refractivity contribution in [2.24, 2.45) is 0 Å². The highest BCUT2D eigenvalue weighted by Gasteiger charge is 2.15. The number of nitrogens with zero attached hydrogens (tertiary/aromatic N) is 3. The highest BCUT2D eigenvalue weighted by molar-refractivity contribution is 9.10. The van der Waals surface area contributed by atoms with Gasteiger partial charge in [-0.1, -0.05) is 26.7 Å². The zero-order valence-corrected chi connectivity index (χ0v) is 13.5. The first-order valence-electron chi connectivity index (χ1n) is 6.80. The second kappa shape index (κ2) is 7.53. The zero-order valence-electron chi connectivity index (χ0n) is 11.9. The fourth-order valence-electron chi connectivity index (χ4n) is 1.84. The summed E-state index contributed by atoms with van der Waals surface area (Å²) in [6, 6.07) is 0. The van der Waals surface area contributed by atoms with Crippen LogP contribution < -0.4 is 10.4 Å². The molecule has 6 heteroatoms. The van der Waals surface area contributed by atoms with Gasteiger partial charge in [0.25, 0.3) is 0 Å². The van der Waals surface area contributed by atoms with E-state index in [1.54, 1.807) is 6.92 Å². The molecule has 19 heavy (non-hydrogen) atoms. The van der Waals surface area contributed by atoms with Crippen molar-refractivity contribution < 1.29 is 5.21 Å². The summed E-state index contributed by atoms with van der Waals surface area (Å²) in [7, 11) is 0. The van der Waals surface area contributed by atoms with Crippen LogP contribution in [0.2, 0.25) is 0 Å². The fourth-order valence-corrected chi connectivity index (χ4v) is 2.35. The lowest BCUT2D eigenvalue weighted by molar-refractivity contribution is 0.158. The summed E-state index contributed by atoms with van der Waals surface area (Å²) in [5, 5.41) is 17.5. The van der Waals surface area contributed by atoms with E-state index in [0.717, 1.165) is 49.3 Å². The van der Waals surface area contributed by atoms with Gasteiger partial charge in [-0.2, -0.15) is 4.73 Å². The SMILES string of the molecule is CCCCN(CCCC)c1nc(C)n(O)c(=N)c1Br. The minimum absolute atomic E-state index is 0.0421. The van der Waals surface area contributed by atoms with E-state index in [0.29, 0.717) is 10.3 Å². The fraction of sp³-hybridized carbons (Fsp3) is 0.692. The Bertz CT molecular complexity index is 464. The van der Waals surface area contributed by atoms with Crippen LogP contribution in [0.3, 0.4) is 0 Å². The van der Waals surface area contributed by atoms with Gasteiger partial charge in [-0.05, 0) is 35.7 Å². The Balaban J connectivity index is 3.10. The zero-order chi connectivity index (χ0) is 14.4. The van der Waals surface area contributed by atoms with E-state index in [1.165, 1.54) is 0 Å². The molecule has 108 valence electrons. The molecule has 1 heterocycles. The molecule has 0 spiro atoms. The summed E-state index contributed by atoms with van der Waals surface area (Å²) < 4.78 is 1.35. The Morgan fingerprint density at radius 3 is 2.26 bits per heavy atom. The molecule has 0 aliphatic carbocycles. The van der Waals surface area contributed by atoms with E-state index in [9.17, 15) is 5.21 Å². The molecule has 0 saturated heterocycles. The number of halogens is 1. The average molecular weight is 331 g/mol. The van der Waals surface area contributed by atoms with E-state index < -0.39 is 0 Å². The molecular formula is C13H23BrN4O. The number of unbranched alkanes of at least 4 members (excludes halogenated alkanes) is 2. The molecule has 0 fully saturated rings. The van der Waals surface area contributed by atoms with Crippen molar-refractivity contribution in [3.63, 3.8) is 0 Å². The summed E-state index contributed by atoms with van der Waals surface area (Å²) >= 11 is 3.38. The summed E-state index contributed by atoms with van der Waals surface area (Å²) in [5.41, 5.74) is 0.0421. The molecule has 1 rings (SSSR count). The van der Waals surface area contributed by atoms with Crippen LogP contribution in [-0.2, 0) is 0 Å². The number of nitrogens with one attached hydrogen (secondary N) is 1. The summed E-state index contributed by atoms with van der Waals surface area (Å²) in [6.45, 7) is 7.88. The van der Waals surface area contributed by atoms with Crippen LogP contribution in [-0.4, -0.2) is 28.0 Å². The van der Waals surface area contributed by atoms with Crippen molar-refractivity contribution >= 4 is 21.7 Å². The molecule has 5 nitrogen and oxygen atoms in total. The lowest BCUT2D eigenvalue weighted by Gasteiger charge is -2.25. The highest BCUT2D eigenvalue weighted by Crippen LogP contribution is 2.21. The summed E-state index contributed by atoms with van der Waals surface area (Å²) in [6.07, 6.45) is 4.44. The first-order valence-corrected chi connectivity index (χ1v) is 7.60. The number of rotatable bonds is 7. The number of aromatic nitrogens is 2. The third-order valence-electron chi connectivity index (χ3n) is 3.05. The summed E-state index contributed by atoms with van der Waals surface area (Å²) in [4.78, 5) is 6.61. The highest BCUT2D eigenvalue weighted by atomic mass is 79.9. The normalized spacial score (nSPS) is 10.7. The number of hydrogen-bond donors (Lipinski definition) is 2. The molecule has 1 aromatic rings. The third-order valence-corrected chi connectivity index (χ3v) is 3.78. The van der Waals surface area contributed by atoms with Crippen molar-refractivity contribution in [3.8, 4) is 0 Å². The molecule has 0 aromatic carbocycles.